The lowest BCUT2D eigenvalue weighted by molar-refractivity contribution is -0.175. The van der Waals surface area contributed by atoms with E-state index in [0.29, 0.717) is 18.1 Å². The molecule has 1 aromatic rings. The molecule has 1 atom stereocenters. The molecule has 1 aliphatic heterocycles. The van der Waals surface area contributed by atoms with E-state index < -0.39 is 12.1 Å². The minimum atomic E-state index is -4.10. The van der Waals surface area contributed by atoms with Gasteiger partial charge in [-0.3, -0.25) is 0 Å². The fraction of sp³-hybridized carbons (Fsp3) is 0.769. The molecule has 1 fully saturated rings. The first-order valence-electron chi connectivity index (χ1n) is 6.97. The predicted molar refractivity (Wildman–Crippen MR) is 75.1 cm³/mol. The lowest BCUT2D eigenvalue weighted by Gasteiger charge is -2.33. The Morgan fingerprint density at radius 2 is 2.30 bits per heavy atom. The predicted octanol–water partition coefficient (Wildman–Crippen LogP) is 3.42. The van der Waals surface area contributed by atoms with Crippen molar-refractivity contribution in [3.63, 3.8) is 0 Å². The van der Waals surface area contributed by atoms with Crippen molar-refractivity contribution in [3.05, 3.63) is 11.1 Å². The fourth-order valence-corrected chi connectivity index (χ4v) is 3.25. The topological polar surface area (TPSA) is 28.2 Å². The second-order valence-electron chi connectivity index (χ2n) is 5.11. The quantitative estimate of drug-likeness (QED) is 0.845. The van der Waals surface area contributed by atoms with E-state index in [1.165, 1.54) is 11.3 Å². The summed E-state index contributed by atoms with van der Waals surface area (Å²) in [5.41, 5.74) is 0. The number of alkyl halides is 3. The van der Waals surface area contributed by atoms with Gasteiger partial charge < -0.3 is 10.2 Å². The summed E-state index contributed by atoms with van der Waals surface area (Å²) < 4.78 is 38.4. The molecule has 1 saturated heterocycles. The third-order valence-corrected chi connectivity index (χ3v) is 4.48. The molecule has 0 amide bonds. The highest BCUT2D eigenvalue weighted by atomic mass is 32.1. The van der Waals surface area contributed by atoms with Gasteiger partial charge in [-0.1, -0.05) is 6.92 Å². The number of hydrogen-bond acceptors (Lipinski definition) is 4. The number of nitrogens with zero attached hydrogens (tertiary/aromatic N) is 2. The average Bonchev–Trinajstić information content (AvgIpc) is 2.87. The SMILES string of the molecule is CCCNCc1cnc(N2CCCC(C(F)(F)F)C2)s1. The number of thiazole rings is 1. The normalized spacial score (nSPS) is 20.4. The van der Waals surface area contributed by atoms with Gasteiger partial charge in [0.2, 0.25) is 0 Å². The number of anilines is 1. The van der Waals surface area contributed by atoms with Crippen molar-refractivity contribution in [1.82, 2.24) is 10.3 Å². The maximum Gasteiger partial charge on any atom is 0.393 e. The summed E-state index contributed by atoms with van der Waals surface area (Å²) in [6.07, 6.45) is -0.462. The van der Waals surface area contributed by atoms with Gasteiger partial charge in [0, 0.05) is 30.7 Å². The molecular formula is C13H20F3N3S. The van der Waals surface area contributed by atoms with Crippen LogP contribution in [0, 0.1) is 5.92 Å². The van der Waals surface area contributed by atoms with Crippen molar-refractivity contribution in [2.45, 2.75) is 38.9 Å². The second-order valence-corrected chi connectivity index (χ2v) is 6.21. The number of hydrogen-bond donors (Lipinski definition) is 1. The Balaban J connectivity index is 1.94. The monoisotopic (exact) mass is 307 g/mol. The minimum absolute atomic E-state index is 0.0405. The Kier molecular flexibility index (Phi) is 5.26. The third-order valence-electron chi connectivity index (χ3n) is 3.42. The smallest absolute Gasteiger partial charge is 0.347 e. The van der Waals surface area contributed by atoms with E-state index in [0.717, 1.165) is 24.4 Å². The summed E-state index contributed by atoms with van der Waals surface area (Å²) in [4.78, 5) is 7.12. The lowest BCUT2D eigenvalue weighted by atomic mass is 9.98. The molecule has 7 heteroatoms. The van der Waals surface area contributed by atoms with E-state index in [2.05, 4.69) is 17.2 Å². The van der Waals surface area contributed by atoms with Gasteiger partial charge in [-0.15, -0.1) is 11.3 Å². The van der Waals surface area contributed by atoms with Crippen LogP contribution in [0.25, 0.3) is 0 Å². The van der Waals surface area contributed by atoms with Crippen molar-refractivity contribution >= 4 is 16.5 Å². The van der Waals surface area contributed by atoms with Crippen LogP contribution in [0.1, 0.15) is 31.1 Å². The maximum absolute atomic E-state index is 12.8. The molecule has 0 aliphatic carbocycles. The van der Waals surface area contributed by atoms with E-state index in [4.69, 9.17) is 0 Å². The Bertz CT molecular complexity index is 419. The van der Waals surface area contributed by atoms with Gasteiger partial charge in [0.05, 0.1) is 5.92 Å². The summed E-state index contributed by atoms with van der Waals surface area (Å²) in [5.74, 6) is -1.22. The Hall–Kier alpha value is -0.820. The van der Waals surface area contributed by atoms with Gasteiger partial charge in [0.1, 0.15) is 0 Å². The zero-order valence-electron chi connectivity index (χ0n) is 11.5. The molecule has 3 nitrogen and oxygen atoms in total. The first-order chi connectivity index (χ1) is 9.50. The number of aromatic nitrogens is 1. The number of nitrogens with one attached hydrogen (secondary N) is 1. The highest BCUT2D eigenvalue weighted by Gasteiger charge is 2.42. The van der Waals surface area contributed by atoms with E-state index in [1.54, 1.807) is 11.1 Å². The molecule has 2 rings (SSSR count). The van der Waals surface area contributed by atoms with Crippen LogP contribution in [-0.2, 0) is 6.54 Å². The van der Waals surface area contributed by atoms with Crippen LogP contribution in [-0.4, -0.2) is 30.8 Å². The Morgan fingerprint density at radius 3 is 3.00 bits per heavy atom. The number of halogens is 3. The fourth-order valence-electron chi connectivity index (χ4n) is 2.33. The van der Waals surface area contributed by atoms with Crippen LogP contribution in [0.4, 0.5) is 18.3 Å². The van der Waals surface area contributed by atoms with Crippen LogP contribution in [0.15, 0.2) is 6.20 Å². The first-order valence-corrected chi connectivity index (χ1v) is 7.79. The van der Waals surface area contributed by atoms with Crippen molar-refractivity contribution in [2.75, 3.05) is 24.5 Å². The van der Waals surface area contributed by atoms with Crippen LogP contribution < -0.4 is 10.2 Å². The van der Waals surface area contributed by atoms with E-state index in [9.17, 15) is 13.2 Å². The van der Waals surface area contributed by atoms with Gasteiger partial charge in [-0.2, -0.15) is 13.2 Å². The second kappa shape index (κ2) is 6.76. The number of piperidine rings is 1. The van der Waals surface area contributed by atoms with Crippen molar-refractivity contribution in [2.24, 2.45) is 5.92 Å². The van der Waals surface area contributed by atoms with Gasteiger partial charge >= 0.3 is 6.18 Å². The zero-order valence-corrected chi connectivity index (χ0v) is 12.4. The molecule has 0 spiro atoms. The molecule has 1 aromatic heterocycles. The number of rotatable bonds is 5. The van der Waals surface area contributed by atoms with Crippen LogP contribution in [0.2, 0.25) is 0 Å². The minimum Gasteiger partial charge on any atom is -0.347 e. The zero-order chi connectivity index (χ0) is 14.6. The molecule has 1 aliphatic rings. The largest absolute Gasteiger partial charge is 0.393 e. The van der Waals surface area contributed by atoms with Gasteiger partial charge in [0.25, 0.3) is 0 Å². The standard InChI is InChI=1S/C13H20F3N3S/c1-2-5-17-7-11-8-18-12(20-11)19-6-3-4-10(9-19)13(14,15)16/h8,10,17H,2-7,9H2,1H3. The average molecular weight is 307 g/mol. The summed E-state index contributed by atoms with van der Waals surface area (Å²) >= 11 is 1.49. The summed E-state index contributed by atoms with van der Waals surface area (Å²) in [6, 6.07) is 0. The van der Waals surface area contributed by atoms with Crippen LogP contribution in [0.5, 0.6) is 0 Å². The molecular weight excluding hydrogens is 287 g/mol. The van der Waals surface area contributed by atoms with E-state index in [1.807, 2.05) is 0 Å². The van der Waals surface area contributed by atoms with Crippen LogP contribution >= 0.6 is 11.3 Å². The molecule has 0 saturated carbocycles. The van der Waals surface area contributed by atoms with Gasteiger partial charge in [-0.05, 0) is 25.8 Å². The van der Waals surface area contributed by atoms with Gasteiger partial charge in [0.15, 0.2) is 5.13 Å². The summed E-state index contributed by atoms with van der Waals surface area (Å²) in [6.45, 7) is 4.48. The molecule has 2 heterocycles. The molecule has 1 unspecified atom stereocenters. The molecule has 0 bridgehead atoms. The highest BCUT2D eigenvalue weighted by Crippen LogP contribution is 2.35. The van der Waals surface area contributed by atoms with E-state index in [-0.39, 0.29) is 13.0 Å². The molecule has 0 aromatic carbocycles. The summed E-state index contributed by atoms with van der Waals surface area (Å²) in [5, 5.41) is 3.99. The highest BCUT2D eigenvalue weighted by molar-refractivity contribution is 7.15. The van der Waals surface area contributed by atoms with Crippen LogP contribution in [0.3, 0.4) is 0 Å². The molecule has 114 valence electrons. The first kappa shape index (κ1) is 15.6. The van der Waals surface area contributed by atoms with E-state index >= 15 is 0 Å². The lowest BCUT2D eigenvalue weighted by Crippen LogP contribution is -2.41. The van der Waals surface area contributed by atoms with Crippen molar-refractivity contribution in [1.29, 1.82) is 0 Å². The Labute approximate surface area is 121 Å². The molecule has 0 radical (unpaired) electrons. The summed E-state index contributed by atoms with van der Waals surface area (Å²) in [7, 11) is 0. The Morgan fingerprint density at radius 1 is 1.50 bits per heavy atom. The maximum atomic E-state index is 12.8. The molecule has 1 N–H and O–H groups in total. The third kappa shape index (κ3) is 4.09. The van der Waals surface area contributed by atoms with Crippen molar-refractivity contribution < 1.29 is 13.2 Å². The van der Waals surface area contributed by atoms with Crippen molar-refractivity contribution in [3.8, 4) is 0 Å². The van der Waals surface area contributed by atoms with Gasteiger partial charge in [-0.25, -0.2) is 4.98 Å². The molecule has 20 heavy (non-hydrogen) atoms.